The van der Waals surface area contributed by atoms with Crippen LogP contribution in [0.4, 0.5) is 5.82 Å². The van der Waals surface area contributed by atoms with E-state index in [1.807, 2.05) is 19.1 Å². The van der Waals surface area contributed by atoms with Gasteiger partial charge in [0.2, 0.25) is 0 Å². The van der Waals surface area contributed by atoms with Gasteiger partial charge in [-0.3, -0.25) is 14.6 Å². The Hall–Kier alpha value is -2.86. The van der Waals surface area contributed by atoms with Gasteiger partial charge < -0.3 is 11.5 Å². The van der Waals surface area contributed by atoms with Crippen LogP contribution < -0.4 is 11.5 Å². The molecule has 4 aromatic rings. The molecular weight excluding hydrogens is 400 g/mol. The van der Waals surface area contributed by atoms with Crippen molar-refractivity contribution < 1.29 is 13.0 Å². The monoisotopic (exact) mass is 418 g/mol. The molecular formula is C17H18N6O3S2. The van der Waals surface area contributed by atoms with E-state index in [4.69, 9.17) is 16.0 Å². The fourth-order valence-electron chi connectivity index (χ4n) is 2.41. The Morgan fingerprint density at radius 3 is 2.46 bits per heavy atom. The largest absolute Gasteiger partial charge is 0.382 e. The van der Waals surface area contributed by atoms with Crippen LogP contribution in [-0.4, -0.2) is 33.1 Å². The van der Waals surface area contributed by atoms with Crippen LogP contribution in [0.25, 0.3) is 20.8 Å². The van der Waals surface area contributed by atoms with Gasteiger partial charge in [-0.25, -0.2) is 4.98 Å². The first-order chi connectivity index (χ1) is 13.3. The van der Waals surface area contributed by atoms with E-state index in [1.54, 1.807) is 18.5 Å². The van der Waals surface area contributed by atoms with E-state index in [-0.39, 0.29) is 4.90 Å². The van der Waals surface area contributed by atoms with Crippen LogP contribution >= 0.6 is 11.3 Å². The number of aromatic amines is 1. The van der Waals surface area contributed by atoms with Crippen molar-refractivity contribution in [1.82, 2.24) is 20.2 Å². The maximum Gasteiger partial charge on any atom is 0.294 e. The molecule has 0 amide bonds. The summed E-state index contributed by atoms with van der Waals surface area (Å²) in [4.78, 5) is 8.08. The van der Waals surface area contributed by atoms with Gasteiger partial charge in [-0.15, -0.1) is 11.3 Å². The molecule has 0 atom stereocenters. The number of fused-ring (bicyclic) bond motifs is 1. The van der Waals surface area contributed by atoms with Crippen LogP contribution in [0.2, 0.25) is 0 Å². The molecule has 0 saturated carbocycles. The highest BCUT2D eigenvalue weighted by molar-refractivity contribution is 7.85. The van der Waals surface area contributed by atoms with Crippen molar-refractivity contribution >= 4 is 37.5 Å². The molecule has 0 aliphatic rings. The van der Waals surface area contributed by atoms with E-state index >= 15 is 0 Å². The summed E-state index contributed by atoms with van der Waals surface area (Å²) in [7, 11) is -4.22. The Balaban J connectivity index is 0.000000236. The van der Waals surface area contributed by atoms with Crippen LogP contribution in [0.5, 0.6) is 0 Å². The van der Waals surface area contributed by atoms with Crippen molar-refractivity contribution in [2.45, 2.75) is 18.4 Å². The summed E-state index contributed by atoms with van der Waals surface area (Å²) in [6.45, 7) is 2.43. The van der Waals surface area contributed by atoms with Crippen molar-refractivity contribution in [3.05, 3.63) is 54.0 Å². The molecule has 146 valence electrons. The van der Waals surface area contributed by atoms with Crippen molar-refractivity contribution in [3.8, 4) is 10.6 Å². The summed E-state index contributed by atoms with van der Waals surface area (Å²) < 4.78 is 31.9. The van der Waals surface area contributed by atoms with E-state index in [0.717, 1.165) is 11.3 Å². The topological polar surface area (TPSA) is 161 Å². The zero-order chi connectivity index (χ0) is 20.3. The summed E-state index contributed by atoms with van der Waals surface area (Å²) in [5.41, 5.74) is 14.4. The summed E-state index contributed by atoms with van der Waals surface area (Å²) in [5, 5.41) is 7.32. The van der Waals surface area contributed by atoms with Gasteiger partial charge in [-0.05, 0) is 42.8 Å². The first kappa shape index (κ1) is 19.9. The van der Waals surface area contributed by atoms with Gasteiger partial charge in [-0.1, -0.05) is 0 Å². The van der Waals surface area contributed by atoms with Gasteiger partial charge in [0, 0.05) is 24.6 Å². The van der Waals surface area contributed by atoms with Crippen molar-refractivity contribution in [3.63, 3.8) is 0 Å². The fourth-order valence-corrected chi connectivity index (χ4v) is 4.11. The molecule has 3 heterocycles. The van der Waals surface area contributed by atoms with Crippen LogP contribution in [-0.2, 0) is 16.7 Å². The number of anilines is 1. The quantitative estimate of drug-likeness (QED) is 0.369. The highest BCUT2D eigenvalue weighted by atomic mass is 32.2. The minimum atomic E-state index is -4.22. The van der Waals surface area contributed by atoms with Crippen molar-refractivity contribution in [1.29, 1.82) is 0 Å². The molecule has 0 saturated heterocycles. The van der Waals surface area contributed by atoms with E-state index in [2.05, 4.69) is 20.2 Å². The molecule has 0 fully saturated rings. The minimum Gasteiger partial charge on any atom is -0.382 e. The van der Waals surface area contributed by atoms with Gasteiger partial charge in [0.25, 0.3) is 10.1 Å². The van der Waals surface area contributed by atoms with Gasteiger partial charge >= 0.3 is 0 Å². The standard InChI is InChI=1S/C11H10N4O3S2.C6H8N2/c1-5-9(10(12)15-14-5)11-13-7-3-2-6(20(16,17)18)4-8(7)19-11;7-5-6-1-3-8-4-2-6/h2-4H,1H3,(H3,12,14,15)(H,16,17,18);1-4H,5,7H2. The maximum atomic E-state index is 11.1. The van der Waals surface area contributed by atoms with E-state index < -0.39 is 10.1 Å². The van der Waals surface area contributed by atoms with Gasteiger partial charge in [-0.2, -0.15) is 13.5 Å². The molecule has 28 heavy (non-hydrogen) atoms. The average molecular weight is 419 g/mol. The highest BCUT2D eigenvalue weighted by Gasteiger charge is 2.16. The number of aryl methyl sites for hydroxylation is 1. The van der Waals surface area contributed by atoms with Crippen LogP contribution in [0, 0.1) is 6.92 Å². The molecule has 6 N–H and O–H groups in total. The number of nitrogens with one attached hydrogen (secondary N) is 1. The zero-order valence-corrected chi connectivity index (χ0v) is 16.5. The number of H-pyrrole nitrogens is 1. The molecule has 3 aromatic heterocycles. The molecule has 0 unspecified atom stereocenters. The lowest BCUT2D eigenvalue weighted by molar-refractivity contribution is 0.483. The molecule has 4 rings (SSSR count). The molecule has 0 spiro atoms. The predicted octanol–water partition coefficient (Wildman–Crippen LogP) is 2.36. The normalized spacial score (nSPS) is 11.2. The number of rotatable bonds is 3. The molecule has 11 heteroatoms. The van der Waals surface area contributed by atoms with E-state index in [0.29, 0.717) is 33.2 Å². The summed E-state index contributed by atoms with van der Waals surface area (Å²) >= 11 is 1.29. The van der Waals surface area contributed by atoms with Crippen LogP contribution in [0.1, 0.15) is 11.3 Å². The smallest absolute Gasteiger partial charge is 0.294 e. The molecule has 0 aliphatic heterocycles. The lowest BCUT2D eigenvalue weighted by atomic mass is 10.2. The number of hydrogen-bond acceptors (Lipinski definition) is 8. The molecule has 9 nitrogen and oxygen atoms in total. The lowest BCUT2D eigenvalue weighted by Crippen LogP contribution is -1.96. The predicted molar refractivity (Wildman–Crippen MR) is 108 cm³/mol. The van der Waals surface area contributed by atoms with Crippen LogP contribution in [0.15, 0.2) is 47.6 Å². The second kappa shape index (κ2) is 8.02. The van der Waals surface area contributed by atoms with Crippen LogP contribution in [0.3, 0.4) is 0 Å². The summed E-state index contributed by atoms with van der Waals surface area (Å²) in [6, 6.07) is 8.05. The average Bonchev–Trinajstić information content (AvgIpc) is 3.23. The third-order valence-electron chi connectivity index (χ3n) is 3.83. The second-order valence-electron chi connectivity index (χ2n) is 5.79. The Kier molecular flexibility index (Phi) is 5.70. The zero-order valence-electron chi connectivity index (χ0n) is 14.8. The molecule has 0 aliphatic carbocycles. The Bertz CT molecular complexity index is 1180. The number of hydrogen-bond donors (Lipinski definition) is 4. The van der Waals surface area contributed by atoms with Crippen molar-refractivity contribution in [2.24, 2.45) is 5.73 Å². The minimum absolute atomic E-state index is 0.155. The number of nitrogens with two attached hydrogens (primary N) is 2. The Labute approximate surface area is 165 Å². The Morgan fingerprint density at radius 2 is 1.93 bits per heavy atom. The number of pyridine rings is 1. The third kappa shape index (κ3) is 4.34. The fraction of sp³-hybridized carbons (Fsp3) is 0.118. The van der Waals surface area contributed by atoms with E-state index in [1.165, 1.54) is 23.5 Å². The summed E-state index contributed by atoms with van der Waals surface area (Å²) in [5.74, 6) is 0.344. The van der Waals surface area contributed by atoms with Gasteiger partial charge in [0.1, 0.15) is 5.01 Å². The first-order valence-electron chi connectivity index (χ1n) is 8.07. The van der Waals surface area contributed by atoms with E-state index in [9.17, 15) is 8.42 Å². The summed E-state index contributed by atoms with van der Waals surface area (Å²) in [6.07, 6.45) is 3.48. The van der Waals surface area contributed by atoms with Crippen molar-refractivity contribution in [2.75, 3.05) is 5.73 Å². The number of aromatic nitrogens is 4. The first-order valence-corrected chi connectivity index (χ1v) is 10.3. The maximum absolute atomic E-state index is 11.1. The molecule has 1 aromatic carbocycles. The number of benzene rings is 1. The van der Waals surface area contributed by atoms with Gasteiger partial charge in [0.05, 0.1) is 20.7 Å². The number of thiazole rings is 1. The molecule has 0 bridgehead atoms. The second-order valence-corrected chi connectivity index (χ2v) is 8.24. The SMILES string of the molecule is Cc1[nH]nc(N)c1-c1nc2ccc(S(=O)(=O)O)cc2s1.NCc1ccncc1. The van der Waals surface area contributed by atoms with Gasteiger partial charge in [0.15, 0.2) is 5.82 Å². The number of nitrogens with zero attached hydrogens (tertiary/aromatic N) is 3. The molecule has 0 radical (unpaired) electrons. The third-order valence-corrected chi connectivity index (χ3v) is 5.72. The number of nitrogen functional groups attached to an aromatic ring is 1. The lowest BCUT2D eigenvalue weighted by Gasteiger charge is -1.94. The highest BCUT2D eigenvalue weighted by Crippen LogP contribution is 2.35. The Morgan fingerprint density at radius 1 is 1.21 bits per heavy atom.